The highest BCUT2D eigenvalue weighted by atomic mass is 16.2. The Kier molecular flexibility index (Phi) is 6.56. The minimum Gasteiger partial charge on any atom is -0.354 e. The van der Waals surface area contributed by atoms with Crippen LogP contribution in [0, 0.1) is 11.8 Å². The Balaban J connectivity index is 1.87. The molecule has 1 saturated heterocycles. The van der Waals surface area contributed by atoms with Gasteiger partial charge in [0.15, 0.2) is 0 Å². The van der Waals surface area contributed by atoms with Crippen LogP contribution < -0.4 is 15.5 Å². The number of nitrogens with one attached hydrogen (secondary N) is 2. The van der Waals surface area contributed by atoms with Gasteiger partial charge in [-0.2, -0.15) is 0 Å². The number of rotatable bonds is 7. The average Bonchev–Trinajstić information content (AvgIpc) is 2.99. The zero-order chi connectivity index (χ0) is 18.4. The van der Waals surface area contributed by atoms with Gasteiger partial charge in [-0.05, 0) is 18.1 Å². The Morgan fingerprint density at radius 2 is 1.88 bits per heavy atom. The lowest BCUT2D eigenvalue weighted by Crippen LogP contribution is -2.39. The van der Waals surface area contributed by atoms with Crippen LogP contribution in [0.5, 0.6) is 0 Å². The van der Waals surface area contributed by atoms with Gasteiger partial charge in [-0.1, -0.05) is 39.0 Å². The third-order valence-corrected chi connectivity index (χ3v) is 4.41. The first-order valence-electron chi connectivity index (χ1n) is 8.87. The molecule has 0 aromatic heterocycles. The average molecular weight is 345 g/mol. The number of nitrogens with zero attached hydrogens (tertiary/aromatic N) is 1. The maximum atomic E-state index is 12.3. The van der Waals surface area contributed by atoms with Crippen molar-refractivity contribution in [1.29, 1.82) is 0 Å². The summed E-state index contributed by atoms with van der Waals surface area (Å²) in [6.45, 7) is 6.86. The van der Waals surface area contributed by atoms with E-state index in [2.05, 4.69) is 17.6 Å². The molecule has 1 aliphatic rings. The Bertz CT molecular complexity index is 643. The lowest BCUT2D eigenvalue weighted by molar-refractivity contribution is -0.126. The summed E-state index contributed by atoms with van der Waals surface area (Å²) >= 11 is 0. The molecule has 1 aromatic rings. The summed E-state index contributed by atoms with van der Waals surface area (Å²) in [4.78, 5) is 37.8. The predicted octanol–water partition coefficient (Wildman–Crippen LogP) is 1.49. The van der Waals surface area contributed by atoms with Crippen LogP contribution in [0.3, 0.4) is 0 Å². The topological polar surface area (TPSA) is 78.5 Å². The monoisotopic (exact) mass is 345 g/mol. The molecule has 1 fully saturated rings. The highest BCUT2D eigenvalue weighted by Crippen LogP contribution is 2.28. The van der Waals surface area contributed by atoms with Crippen molar-refractivity contribution in [2.24, 2.45) is 11.8 Å². The van der Waals surface area contributed by atoms with E-state index in [0.29, 0.717) is 19.6 Å². The summed E-state index contributed by atoms with van der Waals surface area (Å²) in [5.74, 6) is -0.612. The molecule has 1 aliphatic heterocycles. The molecule has 6 nitrogen and oxygen atoms in total. The number of amides is 3. The van der Waals surface area contributed by atoms with Crippen LogP contribution >= 0.6 is 0 Å². The molecule has 1 unspecified atom stereocenters. The van der Waals surface area contributed by atoms with Crippen molar-refractivity contribution in [3.05, 3.63) is 29.8 Å². The van der Waals surface area contributed by atoms with E-state index in [-0.39, 0.29) is 36.0 Å². The van der Waals surface area contributed by atoms with Crippen LogP contribution in [0.2, 0.25) is 0 Å². The van der Waals surface area contributed by atoms with Crippen LogP contribution in [0.1, 0.15) is 32.8 Å². The Morgan fingerprint density at radius 1 is 1.20 bits per heavy atom. The largest absolute Gasteiger partial charge is 0.354 e. The molecule has 6 heteroatoms. The molecule has 25 heavy (non-hydrogen) atoms. The maximum Gasteiger partial charge on any atom is 0.227 e. The number of hydrogen-bond acceptors (Lipinski definition) is 3. The van der Waals surface area contributed by atoms with E-state index in [0.717, 1.165) is 17.7 Å². The summed E-state index contributed by atoms with van der Waals surface area (Å²) in [7, 11) is 0. The van der Waals surface area contributed by atoms with Gasteiger partial charge < -0.3 is 15.5 Å². The molecule has 1 heterocycles. The van der Waals surface area contributed by atoms with E-state index in [1.165, 1.54) is 0 Å². The summed E-state index contributed by atoms with van der Waals surface area (Å²) in [5, 5.41) is 5.56. The number of carbonyl (C=O) groups excluding carboxylic acids is 3. The fourth-order valence-corrected chi connectivity index (χ4v) is 2.91. The van der Waals surface area contributed by atoms with Crippen LogP contribution in [-0.2, 0) is 20.8 Å². The number of para-hydroxylation sites is 1. The standard InChI is InChI=1S/C19H27N3O3/c1-4-14-7-5-6-8-16(14)22-12-15(11-17(22)23)19(25)21-10-9-20-18(24)13(2)3/h5-8,13,15H,4,9-12H2,1-3H3,(H,20,24)(H,21,25). The van der Waals surface area contributed by atoms with Gasteiger partial charge >= 0.3 is 0 Å². The molecule has 1 atom stereocenters. The van der Waals surface area contributed by atoms with E-state index < -0.39 is 0 Å². The fourth-order valence-electron chi connectivity index (χ4n) is 2.91. The van der Waals surface area contributed by atoms with Crippen molar-refractivity contribution in [3.8, 4) is 0 Å². The van der Waals surface area contributed by atoms with E-state index in [4.69, 9.17) is 0 Å². The van der Waals surface area contributed by atoms with Gasteiger partial charge in [0.2, 0.25) is 17.7 Å². The highest BCUT2D eigenvalue weighted by molar-refractivity contribution is 6.00. The lowest BCUT2D eigenvalue weighted by atomic mass is 10.1. The Hall–Kier alpha value is -2.37. The lowest BCUT2D eigenvalue weighted by Gasteiger charge is -2.20. The van der Waals surface area contributed by atoms with Gasteiger partial charge in [-0.15, -0.1) is 0 Å². The van der Waals surface area contributed by atoms with Crippen LogP contribution in [0.25, 0.3) is 0 Å². The normalized spacial score (nSPS) is 17.0. The number of aryl methyl sites for hydroxylation is 1. The van der Waals surface area contributed by atoms with Gasteiger partial charge in [0.05, 0.1) is 5.92 Å². The summed E-state index contributed by atoms with van der Waals surface area (Å²) in [6, 6.07) is 7.80. The first-order valence-corrected chi connectivity index (χ1v) is 8.87. The number of hydrogen-bond donors (Lipinski definition) is 2. The summed E-state index contributed by atoms with van der Waals surface area (Å²) < 4.78 is 0. The maximum absolute atomic E-state index is 12.3. The molecule has 3 amide bonds. The predicted molar refractivity (Wildman–Crippen MR) is 97.1 cm³/mol. The summed E-state index contributed by atoms with van der Waals surface area (Å²) in [5.41, 5.74) is 2.00. The molecule has 2 rings (SSSR count). The minimum absolute atomic E-state index is 0.0193. The highest BCUT2D eigenvalue weighted by Gasteiger charge is 2.35. The molecule has 136 valence electrons. The van der Waals surface area contributed by atoms with Crippen molar-refractivity contribution in [3.63, 3.8) is 0 Å². The molecular weight excluding hydrogens is 318 g/mol. The first-order chi connectivity index (χ1) is 11.9. The second-order valence-electron chi connectivity index (χ2n) is 6.62. The second-order valence-corrected chi connectivity index (χ2v) is 6.62. The summed E-state index contributed by atoms with van der Waals surface area (Å²) in [6.07, 6.45) is 1.06. The van der Waals surface area contributed by atoms with Crippen molar-refractivity contribution >= 4 is 23.4 Å². The Labute approximate surface area is 149 Å². The van der Waals surface area contributed by atoms with E-state index in [9.17, 15) is 14.4 Å². The molecule has 1 aromatic carbocycles. The quantitative estimate of drug-likeness (QED) is 0.735. The Morgan fingerprint density at radius 3 is 2.56 bits per heavy atom. The SMILES string of the molecule is CCc1ccccc1N1CC(C(=O)NCCNC(=O)C(C)C)CC1=O. The van der Waals surface area contributed by atoms with Gasteiger partial charge in [0, 0.05) is 37.7 Å². The van der Waals surface area contributed by atoms with E-state index in [1.807, 2.05) is 38.1 Å². The van der Waals surface area contributed by atoms with Gasteiger partial charge in [0.25, 0.3) is 0 Å². The molecule has 2 N–H and O–H groups in total. The minimum atomic E-state index is -0.349. The molecular formula is C19H27N3O3. The second kappa shape index (κ2) is 8.65. The van der Waals surface area contributed by atoms with Crippen molar-refractivity contribution in [1.82, 2.24) is 10.6 Å². The number of benzene rings is 1. The molecule has 0 spiro atoms. The molecule has 0 radical (unpaired) electrons. The van der Waals surface area contributed by atoms with Crippen LogP contribution in [0.4, 0.5) is 5.69 Å². The molecule has 0 aliphatic carbocycles. The van der Waals surface area contributed by atoms with Crippen LogP contribution in [0.15, 0.2) is 24.3 Å². The zero-order valence-electron chi connectivity index (χ0n) is 15.2. The number of carbonyl (C=O) groups is 3. The first kappa shape index (κ1) is 19.0. The molecule has 0 bridgehead atoms. The van der Waals surface area contributed by atoms with E-state index >= 15 is 0 Å². The van der Waals surface area contributed by atoms with Crippen molar-refractivity contribution < 1.29 is 14.4 Å². The third kappa shape index (κ3) is 4.81. The van der Waals surface area contributed by atoms with Crippen molar-refractivity contribution in [2.45, 2.75) is 33.6 Å². The van der Waals surface area contributed by atoms with Crippen molar-refractivity contribution in [2.75, 3.05) is 24.5 Å². The van der Waals surface area contributed by atoms with E-state index in [1.54, 1.807) is 4.90 Å². The fraction of sp³-hybridized carbons (Fsp3) is 0.526. The van der Waals surface area contributed by atoms with Gasteiger partial charge in [-0.25, -0.2) is 0 Å². The smallest absolute Gasteiger partial charge is 0.227 e. The third-order valence-electron chi connectivity index (χ3n) is 4.41. The van der Waals surface area contributed by atoms with Crippen LogP contribution in [-0.4, -0.2) is 37.4 Å². The number of anilines is 1. The van der Waals surface area contributed by atoms with Gasteiger partial charge in [0.1, 0.15) is 0 Å². The molecule has 0 saturated carbocycles. The van der Waals surface area contributed by atoms with Gasteiger partial charge in [-0.3, -0.25) is 14.4 Å². The zero-order valence-corrected chi connectivity index (χ0v) is 15.2.